The highest BCUT2D eigenvalue weighted by Gasteiger charge is 2.19. The predicted octanol–water partition coefficient (Wildman–Crippen LogP) is 13.7. The normalized spacial score (nSPS) is 11.2. The minimum atomic E-state index is 0.870. The van der Waals surface area contributed by atoms with E-state index >= 15 is 0 Å². The number of fused-ring (bicyclic) bond motifs is 2. The van der Waals surface area contributed by atoms with Crippen molar-refractivity contribution in [3.63, 3.8) is 0 Å². The van der Waals surface area contributed by atoms with Gasteiger partial charge >= 0.3 is 0 Å². The lowest BCUT2D eigenvalue weighted by molar-refractivity contribution is 0.632. The number of nitrogens with zero attached hydrogens (tertiary/aromatic N) is 1. The van der Waals surface area contributed by atoms with Crippen LogP contribution in [-0.4, -0.2) is 0 Å². The van der Waals surface area contributed by atoms with Crippen molar-refractivity contribution in [1.82, 2.24) is 0 Å². The van der Waals surface area contributed by atoms with Crippen LogP contribution in [0.1, 0.15) is 0 Å². The second-order valence-electron chi connectivity index (χ2n) is 12.6. The lowest BCUT2D eigenvalue weighted by Gasteiger charge is -2.28. The number of furan rings is 1. The fraction of sp³-hybridized carbons (Fsp3) is 0. The maximum atomic E-state index is 6.32. The molecule has 2 nitrogen and oxygen atoms in total. The Morgan fingerprint density at radius 2 is 0.920 bits per heavy atom. The molecule has 0 saturated heterocycles. The molecular weight excluding hydrogens is 607 g/mol. The minimum absolute atomic E-state index is 0.870. The summed E-state index contributed by atoms with van der Waals surface area (Å²) in [6.45, 7) is 0. The Labute approximate surface area is 292 Å². The van der Waals surface area contributed by atoms with Gasteiger partial charge in [0.25, 0.3) is 0 Å². The SMILES string of the molecule is c1ccc(-c2cc(-c3ccccc3)cc(N(c3ccc(-c4ccccc4-c4cc5ccccc5o4)cc3)c3cccc4ccccc34)c2)cc1. The summed E-state index contributed by atoms with van der Waals surface area (Å²) in [4.78, 5) is 2.40. The summed E-state index contributed by atoms with van der Waals surface area (Å²) >= 11 is 0. The zero-order valence-corrected chi connectivity index (χ0v) is 27.4. The largest absolute Gasteiger partial charge is 0.456 e. The van der Waals surface area contributed by atoms with Crippen LogP contribution in [0.5, 0.6) is 0 Å². The van der Waals surface area contributed by atoms with Gasteiger partial charge in [0.1, 0.15) is 11.3 Å². The molecule has 0 amide bonds. The standard InChI is InChI=1S/C48H33NO/c1-3-14-34(15-4-1)39-30-40(35-16-5-2-6-17-35)32-42(31-39)49(46-24-13-20-36-18-7-9-22-44(36)46)41-28-26-37(27-29-41)43-21-10-11-23-45(43)48-33-38-19-8-12-25-47(38)50-48/h1-33H. The van der Waals surface area contributed by atoms with E-state index in [4.69, 9.17) is 4.42 Å². The molecule has 1 heterocycles. The zero-order chi connectivity index (χ0) is 33.3. The third kappa shape index (κ3) is 5.53. The molecule has 0 atom stereocenters. The maximum absolute atomic E-state index is 6.32. The second-order valence-corrected chi connectivity index (χ2v) is 12.6. The van der Waals surface area contributed by atoms with Crippen LogP contribution >= 0.6 is 0 Å². The molecular formula is C48H33NO. The molecule has 0 spiro atoms. The highest BCUT2D eigenvalue weighted by molar-refractivity contribution is 6.00. The first-order chi connectivity index (χ1) is 24.8. The van der Waals surface area contributed by atoms with Crippen molar-refractivity contribution in [3.8, 4) is 44.7 Å². The van der Waals surface area contributed by atoms with Gasteiger partial charge in [-0.25, -0.2) is 0 Å². The van der Waals surface area contributed by atoms with Gasteiger partial charge in [0.2, 0.25) is 0 Å². The van der Waals surface area contributed by atoms with Crippen LogP contribution in [0.15, 0.2) is 205 Å². The summed E-state index contributed by atoms with van der Waals surface area (Å²) in [5, 5.41) is 3.50. The van der Waals surface area contributed by atoms with Crippen LogP contribution in [0.3, 0.4) is 0 Å². The Kier molecular flexibility index (Phi) is 7.53. The van der Waals surface area contributed by atoms with E-state index in [2.05, 4.69) is 187 Å². The Morgan fingerprint density at radius 3 is 1.62 bits per heavy atom. The first-order valence-corrected chi connectivity index (χ1v) is 17.0. The van der Waals surface area contributed by atoms with E-state index in [1.807, 2.05) is 18.2 Å². The van der Waals surface area contributed by atoms with Crippen LogP contribution < -0.4 is 4.90 Å². The molecule has 0 saturated carbocycles. The summed E-state index contributed by atoms with van der Waals surface area (Å²) in [6.07, 6.45) is 0. The average Bonchev–Trinajstić information content (AvgIpc) is 3.64. The summed E-state index contributed by atoms with van der Waals surface area (Å²) < 4.78 is 6.32. The lowest BCUT2D eigenvalue weighted by Crippen LogP contribution is -2.11. The van der Waals surface area contributed by atoms with Crippen LogP contribution in [0.4, 0.5) is 17.1 Å². The monoisotopic (exact) mass is 639 g/mol. The van der Waals surface area contributed by atoms with Gasteiger partial charge in [-0.15, -0.1) is 0 Å². The van der Waals surface area contributed by atoms with Gasteiger partial charge in [0, 0.05) is 27.7 Å². The van der Waals surface area contributed by atoms with Crippen molar-refractivity contribution in [2.75, 3.05) is 4.90 Å². The number of anilines is 3. The van der Waals surface area contributed by atoms with Crippen molar-refractivity contribution in [1.29, 1.82) is 0 Å². The third-order valence-corrected chi connectivity index (χ3v) is 9.45. The van der Waals surface area contributed by atoms with Crippen molar-refractivity contribution in [2.45, 2.75) is 0 Å². The number of para-hydroxylation sites is 1. The fourth-order valence-electron chi connectivity index (χ4n) is 7.02. The van der Waals surface area contributed by atoms with E-state index in [1.54, 1.807) is 0 Å². The van der Waals surface area contributed by atoms with Crippen LogP contribution in [0, 0.1) is 0 Å². The molecule has 50 heavy (non-hydrogen) atoms. The van der Waals surface area contributed by atoms with Gasteiger partial charge in [-0.3, -0.25) is 0 Å². The van der Waals surface area contributed by atoms with E-state index in [0.29, 0.717) is 0 Å². The van der Waals surface area contributed by atoms with Crippen molar-refractivity contribution >= 4 is 38.8 Å². The Hall–Kier alpha value is -6.64. The summed E-state index contributed by atoms with van der Waals surface area (Å²) in [7, 11) is 0. The molecule has 2 heteroatoms. The molecule has 0 bridgehead atoms. The van der Waals surface area contributed by atoms with Gasteiger partial charge in [0.05, 0.1) is 5.69 Å². The predicted molar refractivity (Wildman–Crippen MR) is 210 cm³/mol. The molecule has 0 aliphatic heterocycles. The molecule has 0 aliphatic carbocycles. The average molecular weight is 640 g/mol. The van der Waals surface area contributed by atoms with Crippen LogP contribution in [-0.2, 0) is 0 Å². The highest BCUT2D eigenvalue weighted by Crippen LogP contribution is 2.43. The Bertz CT molecular complexity index is 2490. The maximum Gasteiger partial charge on any atom is 0.136 e. The number of hydrogen-bond acceptors (Lipinski definition) is 2. The molecule has 236 valence electrons. The second kappa shape index (κ2) is 12.8. The number of hydrogen-bond donors (Lipinski definition) is 0. The highest BCUT2D eigenvalue weighted by atomic mass is 16.3. The zero-order valence-electron chi connectivity index (χ0n) is 27.4. The van der Waals surface area contributed by atoms with Crippen LogP contribution in [0.25, 0.3) is 66.4 Å². The molecule has 0 aliphatic rings. The molecule has 1 aromatic heterocycles. The van der Waals surface area contributed by atoms with E-state index < -0.39 is 0 Å². The van der Waals surface area contributed by atoms with Gasteiger partial charge in [-0.05, 0) is 87.3 Å². The Morgan fingerprint density at radius 1 is 0.340 bits per heavy atom. The van der Waals surface area contributed by atoms with E-state index in [-0.39, 0.29) is 0 Å². The summed E-state index contributed by atoms with van der Waals surface area (Å²) in [5.41, 5.74) is 12.2. The third-order valence-electron chi connectivity index (χ3n) is 9.45. The lowest BCUT2D eigenvalue weighted by atomic mass is 9.96. The van der Waals surface area contributed by atoms with Gasteiger partial charge in [0.15, 0.2) is 0 Å². The molecule has 0 N–H and O–H groups in total. The van der Waals surface area contributed by atoms with Crippen molar-refractivity contribution in [2.24, 2.45) is 0 Å². The summed E-state index contributed by atoms with van der Waals surface area (Å²) in [6, 6.07) is 71.2. The smallest absolute Gasteiger partial charge is 0.136 e. The van der Waals surface area contributed by atoms with E-state index in [0.717, 1.165) is 50.5 Å². The minimum Gasteiger partial charge on any atom is -0.456 e. The van der Waals surface area contributed by atoms with Gasteiger partial charge < -0.3 is 9.32 Å². The first-order valence-electron chi connectivity index (χ1n) is 17.0. The van der Waals surface area contributed by atoms with Crippen molar-refractivity contribution < 1.29 is 4.42 Å². The van der Waals surface area contributed by atoms with Gasteiger partial charge in [-0.2, -0.15) is 0 Å². The molecule has 0 radical (unpaired) electrons. The number of benzene rings is 8. The molecule has 9 aromatic rings. The summed E-state index contributed by atoms with van der Waals surface area (Å²) in [5.74, 6) is 0.870. The quantitative estimate of drug-likeness (QED) is 0.173. The molecule has 0 fully saturated rings. The topological polar surface area (TPSA) is 16.4 Å². The fourth-order valence-corrected chi connectivity index (χ4v) is 7.02. The molecule has 9 rings (SSSR count). The van der Waals surface area contributed by atoms with Crippen LogP contribution in [0.2, 0.25) is 0 Å². The molecule has 8 aromatic carbocycles. The van der Waals surface area contributed by atoms with E-state index in [9.17, 15) is 0 Å². The molecule has 0 unspecified atom stereocenters. The first kappa shape index (κ1) is 29.5. The number of rotatable bonds is 7. The Balaban J connectivity index is 1.22. The van der Waals surface area contributed by atoms with Gasteiger partial charge in [-0.1, -0.05) is 152 Å². The van der Waals surface area contributed by atoms with Crippen molar-refractivity contribution in [3.05, 3.63) is 200 Å². The van der Waals surface area contributed by atoms with E-state index in [1.165, 1.54) is 33.0 Å².